The van der Waals surface area contributed by atoms with E-state index >= 15 is 0 Å². The summed E-state index contributed by atoms with van der Waals surface area (Å²) in [5.74, 6) is 0.467. The molecule has 68 valence electrons. The molecule has 12 heavy (non-hydrogen) atoms. The van der Waals surface area contributed by atoms with Gasteiger partial charge in [-0.25, -0.2) is 0 Å². The third-order valence-corrected chi connectivity index (χ3v) is 3.39. The second kappa shape index (κ2) is 2.75. The highest BCUT2D eigenvalue weighted by Gasteiger charge is 2.46. The van der Waals surface area contributed by atoms with Gasteiger partial charge in [0, 0.05) is 5.92 Å². The molecule has 2 aliphatic rings. The van der Waals surface area contributed by atoms with Crippen LogP contribution in [0.3, 0.4) is 0 Å². The van der Waals surface area contributed by atoms with Gasteiger partial charge in [-0.2, -0.15) is 0 Å². The number of rotatable bonds is 0. The molecule has 0 aromatic carbocycles. The molecule has 1 heterocycles. The topological polar surface area (TPSA) is 26.3 Å². The van der Waals surface area contributed by atoms with Gasteiger partial charge < -0.3 is 4.74 Å². The summed E-state index contributed by atoms with van der Waals surface area (Å²) in [5.41, 5.74) is -0.0463. The normalized spacial score (nSPS) is 33.8. The van der Waals surface area contributed by atoms with E-state index in [-0.39, 0.29) is 11.6 Å². The summed E-state index contributed by atoms with van der Waals surface area (Å²) < 4.78 is 5.46. The third kappa shape index (κ3) is 1.13. The minimum atomic E-state index is -0.0463. The Morgan fingerprint density at radius 3 is 2.50 bits per heavy atom. The molecular formula is C10H16O2. The van der Waals surface area contributed by atoms with Crippen molar-refractivity contribution in [3.63, 3.8) is 0 Å². The van der Waals surface area contributed by atoms with Gasteiger partial charge in [-0.1, -0.05) is 13.3 Å². The Hall–Kier alpha value is -0.530. The quantitative estimate of drug-likeness (QED) is 0.519. The number of hydrogen-bond donors (Lipinski definition) is 0. The highest BCUT2D eigenvalue weighted by Crippen LogP contribution is 2.43. The summed E-state index contributed by atoms with van der Waals surface area (Å²) >= 11 is 0. The molecule has 1 saturated heterocycles. The van der Waals surface area contributed by atoms with Crippen LogP contribution in [-0.2, 0) is 9.53 Å². The largest absolute Gasteiger partial charge is 0.459 e. The van der Waals surface area contributed by atoms with E-state index in [9.17, 15) is 4.79 Å². The van der Waals surface area contributed by atoms with Crippen molar-refractivity contribution in [1.29, 1.82) is 0 Å². The van der Waals surface area contributed by atoms with E-state index in [0.717, 1.165) is 12.8 Å². The summed E-state index contributed by atoms with van der Waals surface area (Å²) in [6.07, 6.45) is 6.61. The van der Waals surface area contributed by atoms with E-state index < -0.39 is 0 Å². The lowest BCUT2D eigenvalue weighted by Crippen LogP contribution is -2.36. The third-order valence-electron chi connectivity index (χ3n) is 3.39. The highest BCUT2D eigenvalue weighted by molar-refractivity contribution is 5.72. The number of esters is 1. The zero-order valence-corrected chi connectivity index (χ0v) is 7.64. The molecule has 1 unspecified atom stereocenters. The molecular weight excluding hydrogens is 152 g/mol. The van der Waals surface area contributed by atoms with Crippen LogP contribution in [0.2, 0.25) is 0 Å². The van der Waals surface area contributed by atoms with Crippen molar-refractivity contribution in [3.05, 3.63) is 0 Å². The monoisotopic (exact) mass is 168 g/mol. The fraction of sp³-hybridized carbons (Fsp3) is 0.900. The van der Waals surface area contributed by atoms with Gasteiger partial charge in [0.1, 0.15) is 5.60 Å². The Balaban J connectivity index is 2.13. The van der Waals surface area contributed by atoms with Crippen molar-refractivity contribution in [2.45, 2.75) is 51.0 Å². The number of ether oxygens (including phenoxy) is 1. The number of carbonyl (C=O) groups is 1. The first kappa shape index (κ1) is 8.09. The minimum absolute atomic E-state index is 0.0180. The maximum Gasteiger partial charge on any atom is 0.306 e. The first-order valence-corrected chi connectivity index (χ1v) is 4.95. The zero-order chi connectivity index (χ0) is 8.60. The van der Waals surface area contributed by atoms with E-state index in [1.807, 2.05) is 0 Å². The van der Waals surface area contributed by atoms with Gasteiger partial charge in [0.05, 0.1) is 6.42 Å². The molecule has 0 radical (unpaired) electrons. The zero-order valence-electron chi connectivity index (χ0n) is 7.64. The van der Waals surface area contributed by atoms with Crippen molar-refractivity contribution in [2.75, 3.05) is 0 Å². The van der Waals surface area contributed by atoms with Gasteiger partial charge in [-0.05, 0) is 25.7 Å². The maximum absolute atomic E-state index is 11.1. The van der Waals surface area contributed by atoms with Crippen molar-refractivity contribution in [2.24, 2.45) is 5.92 Å². The van der Waals surface area contributed by atoms with Crippen molar-refractivity contribution < 1.29 is 9.53 Å². The average molecular weight is 168 g/mol. The molecule has 0 N–H and O–H groups in total. The first-order valence-electron chi connectivity index (χ1n) is 4.95. The Morgan fingerprint density at radius 1 is 1.33 bits per heavy atom. The summed E-state index contributed by atoms with van der Waals surface area (Å²) in [5, 5.41) is 0. The second-order valence-electron chi connectivity index (χ2n) is 4.20. The van der Waals surface area contributed by atoms with E-state index in [4.69, 9.17) is 4.74 Å². The minimum Gasteiger partial charge on any atom is -0.459 e. The Labute approximate surface area is 73.3 Å². The molecule has 2 nitrogen and oxygen atoms in total. The van der Waals surface area contributed by atoms with Gasteiger partial charge in [0.15, 0.2) is 0 Å². The summed E-state index contributed by atoms with van der Waals surface area (Å²) in [7, 11) is 0. The molecule has 1 atom stereocenters. The first-order chi connectivity index (χ1) is 5.73. The van der Waals surface area contributed by atoms with Crippen LogP contribution in [0.5, 0.6) is 0 Å². The van der Waals surface area contributed by atoms with Gasteiger partial charge in [0.2, 0.25) is 0 Å². The second-order valence-corrected chi connectivity index (χ2v) is 4.20. The molecule has 2 heteroatoms. The van der Waals surface area contributed by atoms with Crippen LogP contribution >= 0.6 is 0 Å². The highest BCUT2D eigenvalue weighted by atomic mass is 16.6. The van der Waals surface area contributed by atoms with E-state index in [0.29, 0.717) is 12.3 Å². The summed E-state index contributed by atoms with van der Waals surface area (Å²) in [4.78, 5) is 11.1. The van der Waals surface area contributed by atoms with E-state index in [1.165, 1.54) is 19.3 Å². The van der Waals surface area contributed by atoms with Crippen LogP contribution in [0.4, 0.5) is 0 Å². The molecule has 2 rings (SSSR count). The smallest absolute Gasteiger partial charge is 0.306 e. The fourth-order valence-electron chi connectivity index (χ4n) is 2.55. The molecule has 1 saturated carbocycles. The van der Waals surface area contributed by atoms with Crippen molar-refractivity contribution >= 4 is 5.97 Å². The van der Waals surface area contributed by atoms with Gasteiger partial charge in [0.25, 0.3) is 0 Å². The lowest BCUT2D eigenvalue weighted by atomic mass is 9.77. The van der Waals surface area contributed by atoms with Gasteiger partial charge in [-0.15, -0.1) is 0 Å². The predicted molar refractivity (Wildman–Crippen MR) is 45.7 cm³/mol. The van der Waals surface area contributed by atoms with Crippen LogP contribution in [0.25, 0.3) is 0 Å². The van der Waals surface area contributed by atoms with Gasteiger partial charge in [-0.3, -0.25) is 4.79 Å². The lowest BCUT2D eigenvalue weighted by molar-refractivity contribution is -0.152. The van der Waals surface area contributed by atoms with Gasteiger partial charge >= 0.3 is 5.97 Å². The SMILES string of the molecule is CC1CC(=O)OC12CCCCC2. The average Bonchev–Trinajstić information content (AvgIpc) is 2.29. The molecule has 0 amide bonds. The molecule has 1 aliphatic carbocycles. The van der Waals surface area contributed by atoms with Crippen LogP contribution in [0, 0.1) is 5.92 Å². The molecule has 1 aliphatic heterocycles. The fourth-order valence-corrected chi connectivity index (χ4v) is 2.55. The van der Waals surface area contributed by atoms with Crippen molar-refractivity contribution in [1.82, 2.24) is 0 Å². The Kier molecular flexibility index (Phi) is 1.85. The molecule has 1 spiro atoms. The molecule has 0 bridgehead atoms. The predicted octanol–water partition coefficient (Wildman–Crippen LogP) is 2.27. The van der Waals surface area contributed by atoms with Crippen LogP contribution in [0.15, 0.2) is 0 Å². The Bertz CT molecular complexity index is 192. The van der Waals surface area contributed by atoms with Crippen LogP contribution in [0.1, 0.15) is 45.4 Å². The molecule has 0 aromatic rings. The summed E-state index contributed by atoms with van der Waals surface area (Å²) in [6, 6.07) is 0. The van der Waals surface area contributed by atoms with Crippen molar-refractivity contribution in [3.8, 4) is 0 Å². The Morgan fingerprint density at radius 2 is 2.00 bits per heavy atom. The maximum atomic E-state index is 11.1. The lowest BCUT2D eigenvalue weighted by Gasteiger charge is -2.35. The molecule has 0 aromatic heterocycles. The standard InChI is InChI=1S/C10H16O2/c1-8-7-9(11)12-10(8)5-3-2-4-6-10/h8H,2-7H2,1H3. The van der Waals surface area contributed by atoms with Crippen LogP contribution in [-0.4, -0.2) is 11.6 Å². The number of hydrogen-bond acceptors (Lipinski definition) is 2. The van der Waals surface area contributed by atoms with E-state index in [1.54, 1.807) is 0 Å². The molecule has 2 fully saturated rings. The summed E-state index contributed by atoms with van der Waals surface area (Å²) in [6.45, 7) is 2.15. The van der Waals surface area contributed by atoms with Crippen LogP contribution < -0.4 is 0 Å². The van der Waals surface area contributed by atoms with E-state index in [2.05, 4.69) is 6.92 Å². The number of carbonyl (C=O) groups excluding carboxylic acids is 1.